The van der Waals surface area contributed by atoms with E-state index < -0.39 is 0 Å². The van der Waals surface area contributed by atoms with Crippen LogP contribution in [0, 0.1) is 0 Å². The molecule has 1 saturated carbocycles. The number of carbonyl (C=O) groups is 1. The highest BCUT2D eigenvalue weighted by Crippen LogP contribution is 2.25. The highest BCUT2D eigenvalue weighted by atomic mass is 16.5. The minimum atomic E-state index is -0.0463. The SMILES string of the molecule is CCC(NC(=O)/C=C/CN(C)C)c1ccc(OC2CCCC2)cc1. The molecule has 1 aromatic rings. The van der Waals surface area contributed by atoms with E-state index in [4.69, 9.17) is 4.74 Å². The normalized spacial score (nSPS) is 16.7. The fraction of sp³-hybridized carbons (Fsp3) is 0.550. The molecule has 132 valence electrons. The highest BCUT2D eigenvalue weighted by molar-refractivity contribution is 5.87. The molecule has 0 spiro atoms. The Labute approximate surface area is 145 Å². The van der Waals surface area contributed by atoms with Crippen molar-refractivity contribution >= 4 is 5.91 Å². The van der Waals surface area contributed by atoms with Gasteiger partial charge in [0.2, 0.25) is 5.91 Å². The molecule has 1 atom stereocenters. The second-order valence-electron chi connectivity index (χ2n) is 6.73. The minimum Gasteiger partial charge on any atom is -0.490 e. The molecule has 0 radical (unpaired) electrons. The maximum absolute atomic E-state index is 12.0. The first-order chi connectivity index (χ1) is 11.6. The number of likely N-dealkylation sites (N-methyl/N-ethyl adjacent to an activating group) is 1. The predicted molar refractivity (Wildman–Crippen MR) is 98.2 cm³/mol. The maximum Gasteiger partial charge on any atom is 0.244 e. The Kier molecular flexibility index (Phi) is 7.32. The van der Waals surface area contributed by atoms with Crippen molar-refractivity contribution in [2.45, 2.75) is 51.2 Å². The average Bonchev–Trinajstić information content (AvgIpc) is 3.06. The zero-order valence-electron chi connectivity index (χ0n) is 15.1. The molecule has 1 N–H and O–H groups in total. The van der Waals surface area contributed by atoms with Gasteiger partial charge in [-0.2, -0.15) is 0 Å². The Balaban J connectivity index is 1.89. The number of benzene rings is 1. The average molecular weight is 330 g/mol. The van der Waals surface area contributed by atoms with Gasteiger partial charge in [-0.05, 0) is 63.9 Å². The topological polar surface area (TPSA) is 41.6 Å². The Morgan fingerprint density at radius 3 is 2.54 bits per heavy atom. The molecule has 0 aromatic heterocycles. The van der Waals surface area contributed by atoms with Gasteiger partial charge in [-0.1, -0.05) is 25.1 Å². The summed E-state index contributed by atoms with van der Waals surface area (Å²) in [5, 5.41) is 3.06. The second kappa shape index (κ2) is 9.48. The van der Waals surface area contributed by atoms with E-state index in [9.17, 15) is 4.79 Å². The molecule has 0 saturated heterocycles. The molecule has 0 bridgehead atoms. The summed E-state index contributed by atoms with van der Waals surface area (Å²) in [5.41, 5.74) is 1.12. The van der Waals surface area contributed by atoms with Crippen LogP contribution in [0.4, 0.5) is 0 Å². The van der Waals surface area contributed by atoms with Crippen LogP contribution in [-0.2, 0) is 4.79 Å². The monoisotopic (exact) mass is 330 g/mol. The molecule has 1 unspecified atom stereocenters. The molecule has 24 heavy (non-hydrogen) atoms. The molecular weight excluding hydrogens is 300 g/mol. The van der Waals surface area contributed by atoms with Crippen LogP contribution in [0.25, 0.3) is 0 Å². The summed E-state index contributed by atoms with van der Waals surface area (Å²) in [6, 6.07) is 8.18. The van der Waals surface area contributed by atoms with Crippen molar-refractivity contribution in [1.29, 1.82) is 0 Å². The number of hydrogen-bond acceptors (Lipinski definition) is 3. The van der Waals surface area contributed by atoms with Gasteiger partial charge in [0, 0.05) is 12.6 Å². The standard InChI is InChI=1S/C20H30N2O2/c1-4-19(21-20(23)10-7-15-22(2)3)16-11-13-18(14-12-16)24-17-8-5-6-9-17/h7,10-14,17,19H,4-6,8-9,15H2,1-3H3,(H,21,23)/b10-7+. The molecular formula is C20H30N2O2. The van der Waals surface area contributed by atoms with Crippen LogP contribution >= 0.6 is 0 Å². The number of rotatable bonds is 8. The minimum absolute atomic E-state index is 0.0297. The number of hydrogen-bond donors (Lipinski definition) is 1. The van der Waals surface area contributed by atoms with Crippen molar-refractivity contribution in [3.63, 3.8) is 0 Å². The lowest BCUT2D eigenvalue weighted by Gasteiger charge is -2.18. The molecule has 4 heteroatoms. The van der Waals surface area contributed by atoms with E-state index in [-0.39, 0.29) is 11.9 Å². The summed E-state index contributed by atoms with van der Waals surface area (Å²) in [5.74, 6) is 0.882. The van der Waals surface area contributed by atoms with Gasteiger partial charge in [-0.15, -0.1) is 0 Å². The number of carbonyl (C=O) groups excluding carboxylic acids is 1. The van der Waals surface area contributed by atoms with Gasteiger partial charge in [0.15, 0.2) is 0 Å². The highest BCUT2D eigenvalue weighted by Gasteiger charge is 2.17. The molecule has 1 aliphatic rings. The zero-order valence-corrected chi connectivity index (χ0v) is 15.1. The smallest absolute Gasteiger partial charge is 0.244 e. The molecule has 1 fully saturated rings. The van der Waals surface area contributed by atoms with Gasteiger partial charge in [-0.3, -0.25) is 4.79 Å². The van der Waals surface area contributed by atoms with Crippen LogP contribution in [0.1, 0.15) is 50.6 Å². The van der Waals surface area contributed by atoms with Crippen LogP contribution in [0.15, 0.2) is 36.4 Å². The summed E-state index contributed by atoms with van der Waals surface area (Å²) >= 11 is 0. The predicted octanol–water partition coefficient (Wildman–Crippen LogP) is 3.69. The van der Waals surface area contributed by atoms with E-state index in [1.807, 2.05) is 37.2 Å². The summed E-state index contributed by atoms with van der Waals surface area (Å²) in [6.45, 7) is 2.84. The van der Waals surface area contributed by atoms with E-state index in [2.05, 4.69) is 24.4 Å². The zero-order chi connectivity index (χ0) is 17.4. The Morgan fingerprint density at radius 1 is 1.29 bits per heavy atom. The van der Waals surface area contributed by atoms with Crippen molar-refractivity contribution in [2.24, 2.45) is 0 Å². The lowest BCUT2D eigenvalue weighted by Crippen LogP contribution is -2.26. The van der Waals surface area contributed by atoms with Crippen molar-refractivity contribution in [3.8, 4) is 5.75 Å². The lowest BCUT2D eigenvalue weighted by atomic mass is 10.0. The molecule has 1 aromatic carbocycles. The molecule has 1 amide bonds. The molecule has 0 aliphatic heterocycles. The molecule has 0 heterocycles. The summed E-state index contributed by atoms with van der Waals surface area (Å²) < 4.78 is 6.00. The molecule has 2 rings (SSSR count). The van der Waals surface area contributed by atoms with E-state index >= 15 is 0 Å². The fourth-order valence-electron chi connectivity index (χ4n) is 2.99. The van der Waals surface area contributed by atoms with Gasteiger partial charge < -0.3 is 15.0 Å². The molecule has 4 nitrogen and oxygen atoms in total. The number of nitrogens with zero attached hydrogens (tertiary/aromatic N) is 1. The number of amides is 1. The Bertz CT molecular complexity index is 531. The van der Waals surface area contributed by atoms with Crippen molar-refractivity contribution in [3.05, 3.63) is 42.0 Å². The fourth-order valence-corrected chi connectivity index (χ4v) is 2.99. The summed E-state index contributed by atoms with van der Waals surface area (Å²) in [6.07, 6.45) is 9.59. The number of nitrogens with one attached hydrogen (secondary N) is 1. The number of ether oxygens (including phenoxy) is 1. The van der Waals surface area contributed by atoms with Gasteiger partial charge in [-0.25, -0.2) is 0 Å². The summed E-state index contributed by atoms with van der Waals surface area (Å²) in [4.78, 5) is 14.0. The van der Waals surface area contributed by atoms with E-state index in [0.29, 0.717) is 6.10 Å². The van der Waals surface area contributed by atoms with Crippen LogP contribution in [0.2, 0.25) is 0 Å². The summed E-state index contributed by atoms with van der Waals surface area (Å²) in [7, 11) is 3.96. The van der Waals surface area contributed by atoms with Crippen LogP contribution in [0.5, 0.6) is 5.75 Å². The van der Waals surface area contributed by atoms with Gasteiger partial charge in [0.1, 0.15) is 5.75 Å². The van der Waals surface area contributed by atoms with E-state index in [1.165, 1.54) is 12.8 Å². The lowest BCUT2D eigenvalue weighted by molar-refractivity contribution is -0.117. The van der Waals surface area contributed by atoms with Crippen LogP contribution in [0.3, 0.4) is 0 Å². The third-order valence-corrected chi connectivity index (χ3v) is 4.35. The quantitative estimate of drug-likeness (QED) is 0.739. The van der Waals surface area contributed by atoms with Crippen molar-refractivity contribution < 1.29 is 9.53 Å². The van der Waals surface area contributed by atoms with Crippen molar-refractivity contribution in [1.82, 2.24) is 10.2 Å². The first-order valence-corrected chi connectivity index (χ1v) is 8.97. The van der Waals surface area contributed by atoms with Crippen LogP contribution < -0.4 is 10.1 Å². The van der Waals surface area contributed by atoms with E-state index in [0.717, 1.165) is 37.1 Å². The van der Waals surface area contributed by atoms with Crippen LogP contribution in [-0.4, -0.2) is 37.6 Å². The van der Waals surface area contributed by atoms with E-state index in [1.54, 1.807) is 6.08 Å². The van der Waals surface area contributed by atoms with Gasteiger partial charge in [0.05, 0.1) is 12.1 Å². The molecule has 1 aliphatic carbocycles. The first kappa shape index (κ1) is 18.5. The van der Waals surface area contributed by atoms with Crippen molar-refractivity contribution in [2.75, 3.05) is 20.6 Å². The van der Waals surface area contributed by atoms with Gasteiger partial charge in [0.25, 0.3) is 0 Å². The first-order valence-electron chi connectivity index (χ1n) is 8.97. The third-order valence-electron chi connectivity index (χ3n) is 4.35. The Morgan fingerprint density at radius 2 is 1.96 bits per heavy atom. The Hall–Kier alpha value is -1.81. The second-order valence-corrected chi connectivity index (χ2v) is 6.73. The largest absolute Gasteiger partial charge is 0.490 e. The third kappa shape index (κ3) is 6.00. The maximum atomic E-state index is 12.0. The van der Waals surface area contributed by atoms with Gasteiger partial charge >= 0.3 is 0 Å².